The Labute approximate surface area is 177 Å². The number of carbonyl (C=O) groups excluding carboxylic acids is 1. The lowest BCUT2D eigenvalue weighted by molar-refractivity contribution is -0.115. The first-order valence-corrected chi connectivity index (χ1v) is 9.94. The van der Waals surface area contributed by atoms with E-state index in [-0.39, 0.29) is 12.3 Å². The maximum Gasteiger partial charge on any atom is 0.230 e. The predicted octanol–water partition coefficient (Wildman–Crippen LogP) is 3.76. The monoisotopic (exact) mass is 431 g/mol. The van der Waals surface area contributed by atoms with Crippen LogP contribution in [-0.2, 0) is 17.8 Å². The first-order valence-electron chi connectivity index (χ1n) is 8.71. The molecule has 10 heteroatoms. The van der Waals surface area contributed by atoms with Crippen LogP contribution in [0.2, 0.25) is 0 Å². The number of thiazole rings is 1. The standard InChI is InChI=1S/C19H21N5O3S2/c1-5-8-24-17(22-23-19(24)28)16-11(2)20-18(29-16)21-15(25)10-12-6-7-13(26-3)14(9-12)27-4/h5-7,9H,1,8,10H2,2-4H3,(H,23,28)(H,20,21,25). The van der Waals surface area contributed by atoms with Gasteiger partial charge >= 0.3 is 0 Å². The molecule has 152 valence electrons. The molecule has 0 aliphatic carbocycles. The van der Waals surface area contributed by atoms with Gasteiger partial charge in [0.05, 0.1) is 31.2 Å². The van der Waals surface area contributed by atoms with Crippen molar-refractivity contribution in [2.45, 2.75) is 19.9 Å². The van der Waals surface area contributed by atoms with Crippen molar-refractivity contribution in [2.75, 3.05) is 19.5 Å². The minimum Gasteiger partial charge on any atom is -0.493 e. The zero-order valence-electron chi connectivity index (χ0n) is 16.3. The molecule has 8 nitrogen and oxygen atoms in total. The molecule has 0 unspecified atom stereocenters. The number of amides is 1. The van der Waals surface area contributed by atoms with Crippen LogP contribution in [0.25, 0.3) is 10.7 Å². The van der Waals surface area contributed by atoms with Gasteiger partial charge in [-0.25, -0.2) is 4.98 Å². The van der Waals surface area contributed by atoms with Gasteiger partial charge in [-0.15, -0.1) is 6.58 Å². The number of hydrogen-bond donors (Lipinski definition) is 2. The third-order valence-corrected chi connectivity index (χ3v) is 5.51. The van der Waals surface area contributed by atoms with Gasteiger partial charge in [0.25, 0.3) is 0 Å². The summed E-state index contributed by atoms with van der Waals surface area (Å²) in [6, 6.07) is 5.38. The fourth-order valence-corrected chi connectivity index (χ4v) is 3.97. The molecule has 0 saturated carbocycles. The third kappa shape index (κ3) is 4.54. The Kier molecular flexibility index (Phi) is 6.45. The highest BCUT2D eigenvalue weighted by molar-refractivity contribution is 7.71. The summed E-state index contributed by atoms with van der Waals surface area (Å²) in [6.45, 7) is 6.14. The summed E-state index contributed by atoms with van der Waals surface area (Å²) in [5, 5.41) is 10.4. The van der Waals surface area contributed by atoms with Gasteiger partial charge in [-0.3, -0.25) is 14.5 Å². The van der Waals surface area contributed by atoms with Gasteiger partial charge in [0, 0.05) is 6.54 Å². The summed E-state index contributed by atoms with van der Waals surface area (Å²) in [7, 11) is 3.13. The largest absolute Gasteiger partial charge is 0.493 e. The number of anilines is 1. The number of benzene rings is 1. The molecule has 0 bridgehead atoms. The number of aromatic nitrogens is 4. The lowest BCUT2D eigenvalue weighted by Crippen LogP contribution is -2.14. The Morgan fingerprint density at radius 3 is 2.83 bits per heavy atom. The number of aromatic amines is 1. The number of carbonyl (C=O) groups is 1. The van der Waals surface area contributed by atoms with Crippen LogP contribution < -0.4 is 14.8 Å². The zero-order chi connectivity index (χ0) is 21.0. The zero-order valence-corrected chi connectivity index (χ0v) is 17.9. The van der Waals surface area contributed by atoms with Gasteiger partial charge in [0.1, 0.15) is 0 Å². The van der Waals surface area contributed by atoms with Gasteiger partial charge in [0.15, 0.2) is 27.2 Å². The molecule has 0 aliphatic rings. The summed E-state index contributed by atoms with van der Waals surface area (Å²) < 4.78 is 12.8. The van der Waals surface area contributed by atoms with Crippen molar-refractivity contribution in [3.63, 3.8) is 0 Å². The molecule has 0 fully saturated rings. The lowest BCUT2D eigenvalue weighted by Gasteiger charge is -2.09. The number of rotatable bonds is 8. The molecule has 2 heterocycles. The van der Waals surface area contributed by atoms with E-state index in [2.05, 4.69) is 27.1 Å². The van der Waals surface area contributed by atoms with Gasteiger partial charge < -0.3 is 14.8 Å². The van der Waals surface area contributed by atoms with Crippen LogP contribution in [0.15, 0.2) is 30.9 Å². The van der Waals surface area contributed by atoms with E-state index in [0.29, 0.717) is 33.8 Å². The molecule has 0 saturated heterocycles. The first-order chi connectivity index (χ1) is 14.0. The smallest absolute Gasteiger partial charge is 0.230 e. The quantitative estimate of drug-likeness (QED) is 0.417. The third-order valence-electron chi connectivity index (χ3n) is 4.13. The van der Waals surface area contributed by atoms with Gasteiger partial charge in [-0.05, 0) is 36.8 Å². The number of ether oxygens (including phenoxy) is 2. The highest BCUT2D eigenvalue weighted by Crippen LogP contribution is 2.32. The van der Waals surface area contributed by atoms with E-state index in [9.17, 15) is 4.79 Å². The fraction of sp³-hybridized carbons (Fsp3) is 0.263. The normalized spacial score (nSPS) is 10.6. The Morgan fingerprint density at radius 1 is 1.38 bits per heavy atom. The molecule has 0 radical (unpaired) electrons. The Balaban J connectivity index is 1.77. The summed E-state index contributed by atoms with van der Waals surface area (Å²) in [5.41, 5.74) is 1.57. The molecule has 2 aromatic heterocycles. The van der Waals surface area contributed by atoms with Crippen molar-refractivity contribution in [3.05, 3.63) is 46.9 Å². The van der Waals surface area contributed by atoms with E-state index in [1.54, 1.807) is 32.4 Å². The molecule has 1 aromatic carbocycles. The lowest BCUT2D eigenvalue weighted by atomic mass is 10.1. The van der Waals surface area contributed by atoms with Crippen LogP contribution in [-0.4, -0.2) is 39.9 Å². The van der Waals surface area contributed by atoms with Crippen molar-refractivity contribution >= 4 is 34.6 Å². The van der Waals surface area contributed by atoms with Crippen molar-refractivity contribution in [3.8, 4) is 22.2 Å². The topological polar surface area (TPSA) is 94.1 Å². The molecule has 1 amide bonds. The number of nitrogens with one attached hydrogen (secondary N) is 2. The van der Waals surface area contributed by atoms with E-state index in [0.717, 1.165) is 16.1 Å². The van der Waals surface area contributed by atoms with Crippen LogP contribution in [0.3, 0.4) is 0 Å². The molecule has 2 N–H and O–H groups in total. The van der Waals surface area contributed by atoms with Crippen molar-refractivity contribution < 1.29 is 14.3 Å². The number of hydrogen-bond acceptors (Lipinski definition) is 7. The molecule has 29 heavy (non-hydrogen) atoms. The number of nitrogens with zero attached hydrogens (tertiary/aromatic N) is 3. The Bertz CT molecular complexity index is 1100. The highest BCUT2D eigenvalue weighted by Gasteiger charge is 2.17. The van der Waals surface area contributed by atoms with Gasteiger partial charge in [-0.1, -0.05) is 23.5 Å². The predicted molar refractivity (Wildman–Crippen MR) is 115 cm³/mol. The molecule has 0 spiro atoms. The SMILES string of the molecule is C=CCn1c(-c2sc(NC(=O)Cc3ccc(OC)c(OC)c3)nc2C)n[nH]c1=S. The van der Waals surface area contributed by atoms with Crippen LogP contribution in [0.4, 0.5) is 5.13 Å². The highest BCUT2D eigenvalue weighted by atomic mass is 32.1. The van der Waals surface area contributed by atoms with Crippen LogP contribution in [0, 0.1) is 11.7 Å². The van der Waals surface area contributed by atoms with Gasteiger partial charge in [-0.2, -0.15) is 5.10 Å². The minimum atomic E-state index is -0.178. The number of H-pyrrole nitrogens is 1. The molecule has 0 atom stereocenters. The van der Waals surface area contributed by atoms with Gasteiger partial charge in [0.2, 0.25) is 5.91 Å². The molecule has 3 rings (SSSR count). The fourth-order valence-electron chi connectivity index (χ4n) is 2.79. The van der Waals surface area contributed by atoms with Crippen LogP contribution >= 0.6 is 23.6 Å². The van der Waals surface area contributed by atoms with E-state index in [1.807, 2.05) is 17.6 Å². The summed E-state index contributed by atoms with van der Waals surface area (Å²) in [5.74, 6) is 1.69. The number of methoxy groups -OCH3 is 2. The average Bonchev–Trinajstić information content (AvgIpc) is 3.24. The Hall–Kier alpha value is -2.98. The molecular formula is C19H21N5O3S2. The van der Waals surface area contributed by atoms with Crippen molar-refractivity contribution in [1.82, 2.24) is 19.7 Å². The molecule has 0 aliphatic heterocycles. The minimum absolute atomic E-state index is 0.178. The second kappa shape index (κ2) is 9.01. The first kappa shape index (κ1) is 20.7. The van der Waals surface area contributed by atoms with E-state index in [4.69, 9.17) is 21.7 Å². The maximum atomic E-state index is 12.5. The van der Waals surface area contributed by atoms with E-state index in [1.165, 1.54) is 11.3 Å². The molecule has 3 aromatic rings. The average molecular weight is 432 g/mol. The van der Waals surface area contributed by atoms with Crippen molar-refractivity contribution in [2.24, 2.45) is 0 Å². The summed E-state index contributed by atoms with van der Waals surface area (Å²) in [6.07, 6.45) is 1.93. The van der Waals surface area contributed by atoms with E-state index < -0.39 is 0 Å². The molecular weight excluding hydrogens is 410 g/mol. The van der Waals surface area contributed by atoms with Crippen LogP contribution in [0.5, 0.6) is 11.5 Å². The summed E-state index contributed by atoms with van der Waals surface area (Å²) >= 11 is 6.61. The Morgan fingerprint density at radius 2 is 2.14 bits per heavy atom. The number of aryl methyl sites for hydroxylation is 1. The van der Waals surface area contributed by atoms with Crippen LogP contribution in [0.1, 0.15) is 11.3 Å². The number of allylic oxidation sites excluding steroid dienone is 1. The van der Waals surface area contributed by atoms with Crippen molar-refractivity contribution in [1.29, 1.82) is 0 Å². The van der Waals surface area contributed by atoms with E-state index >= 15 is 0 Å². The second-order valence-corrected chi connectivity index (χ2v) is 7.49. The second-order valence-electron chi connectivity index (χ2n) is 6.10. The maximum absolute atomic E-state index is 12.5. The summed E-state index contributed by atoms with van der Waals surface area (Å²) in [4.78, 5) is 17.8.